The zero-order chi connectivity index (χ0) is 20.8. The Bertz CT molecular complexity index is 1040. The Morgan fingerprint density at radius 2 is 1.76 bits per heavy atom. The van der Waals surface area contributed by atoms with Gasteiger partial charge in [0.1, 0.15) is 11.5 Å². The van der Waals surface area contributed by atoms with E-state index in [1.807, 2.05) is 37.3 Å². The Morgan fingerprint density at radius 1 is 1.07 bits per heavy atom. The van der Waals surface area contributed by atoms with E-state index < -0.39 is 0 Å². The molecule has 6 nitrogen and oxygen atoms in total. The molecule has 0 saturated heterocycles. The van der Waals surface area contributed by atoms with Crippen LogP contribution in [0.25, 0.3) is 10.9 Å². The second-order valence-electron chi connectivity index (χ2n) is 6.80. The largest absolute Gasteiger partial charge is 0.496 e. The molecule has 0 aliphatic rings. The van der Waals surface area contributed by atoms with Gasteiger partial charge in [0.2, 0.25) is 5.91 Å². The molecule has 0 saturated carbocycles. The van der Waals surface area contributed by atoms with Gasteiger partial charge in [-0.3, -0.25) is 9.59 Å². The third-order valence-corrected chi connectivity index (χ3v) is 5.08. The van der Waals surface area contributed by atoms with Crippen LogP contribution in [-0.2, 0) is 11.2 Å². The fourth-order valence-corrected chi connectivity index (χ4v) is 3.52. The van der Waals surface area contributed by atoms with Gasteiger partial charge in [0.15, 0.2) is 0 Å². The number of carbonyl (C=O) groups excluding carboxylic acids is 1. The number of methoxy groups -OCH3 is 2. The summed E-state index contributed by atoms with van der Waals surface area (Å²) in [5.74, 6) is 0.995. The Hall–Kier alpha value is -3.28. The van der Waals surface area contributed by atoms with E-state index in [0.717, 1.165) is 10.9 Å². The number of fused-ring (bicyclic) bond motifs is 1. The van der Waals surface area contributed by atoms with Gasteiger partial charge in [0, 0.05) is 17.5 Å². The molecule has 0 fully saturated rings. The minimum atomic E-state index is -0.201. The highest BCUT2D eigenvalue weighted by Gasteiger charge is 2.18. The lowest BCUT2D eigenvalue weighted by atomic mass is 9.95. The van der Waals surface area contributed by atoms with Crippen molar-refractivity contribution in [2.75, 3.05) is 20.8 Å². The van der Waals surface area contributed by atoms with Crippen LogP contribution < -0.4 is 20.3 Å². The minimum Gasteiger partial charge on any atom is -0.496 e. The molecule has 0 radical (unpaired) electrons. The smallest absolute Gasteiger partial charge is 0.251 e. The molecule has 0 spiro atoms. The molecule has 1 amide bonds. The topological polar surface area (TPSA) is 80.4 Å². The standard InChI is InChI=1S/C23H26N2O4/c1-4-17(15-8-6-5-7-9-15)23(27)24-13-12-16-14-18-19(28-2)10-11-20(29-3)21(18)25-22(16)26/h5-11,14,17H,4,12-13H2,1-3H3,(H,24,27)(H,25,26)/t17-/m1/s1. The van der Waals surface area contributed by atoms with E-state index in [1.54, 1.807) is 32.4 Å². The third-order valence-electron chi connectivity index (χ3n) is 5.08. The number of aromatic amines is 1. The predicted octanol–water partition coefficient (Wildman–Crippen LogP) is 3.40. The summed E-state index contributed by atoms with van der Waals surface area (Å²) in [5.41, 5.74) is 1.97. The summed E-state index contributed by atoms with van der Waals surface area (Å²) in [5, 5.41) is 3.73. The molecule has 3 rings (SSSR count). The molecule has 2 aromatic carbocycles. The van der Waals surface area contributed by atoms with Gasteiger partial charge < -0.3 is 19.8 Å². The Kier molecular flexibility index (Phi) is 6.54. The number of hydrogen-bond acceptors (Lipinski definition) is 4. The summed E-state index contributed by atoms with van der Waals surface area (Å²) in [6.45, 7) is 2.37. The normalized spacial score (nSPS) is 11.8. The van der Waals surface area contributed by atoms with E-state index in [1.165, 1.54) is 0 Å². The lowest BCUT2D eigenvalue weighted by Gasteiger charge is -2.15. The zero-order valence-electron chi connectivity index (χ0n) is 17.0. The van der Waals surface area contributed by atoms with E-state index in [2.05, 4.69) is 10.3 Å². The van der Waals surface area contributed by atoms with Crippen LogP contribution >= 0.6 is 0 Å². The maximum absolute atomic E-state index is 12.6. The number of benzene rings is 2. The SMILES string of the molecule is CC[C@@H](C(=O)NCCc1cc2c(OC)ccc(OC)c2[nH]c1=O)c1ccccc1. The highest BCUT2D eigenvalue weighted by molar-refractivity contribution is 5.90. The fourth-order valence-electron chi connectivity index (χ4n) is 3.52. The van der Waals surface area contributed by atoms with Gasteiger partial charge in [-0.15, -0.1) is 0 Å². The second-order valence-corrected chi connectivity index (χ2v) is 6.80. The summed E-state index contributed by atoms with van der Waals surface area (Å²) in [7, 11) is 3.14. The lowest BCUT2D eigenvalue weighted by molar-refractivity contribution is -0.122. The molecular weight excluding hydrogens is 368 g/mol. The molecule has 29 heavy (non-hydrogen) atoms. The zero-order valence-corrected chi connectivity index (χ0v) is 17.0. The molecular formula is C23H26N2O4. The van der Waals surface area contributed by atoms with Crippen LogP contribution in [0.3, 0.4) is 0 Å². The summed E-state index contributed by atoms with van der Waals surface area (Å²) < 4.78 is 10.7. The van der Waals surface area contributed by atoms with Crippen LogP contribution in [0.15, 0.2) is 53.3 Å². The van der Waals surface area contributed by atoms with Gasteiger partial charge in [-0.2, -0.15) is 0 Å². The van der Waals surface area contributed by atoms with Crippen molar-refractivity contribution in [3.8, 4) is 11.5 Å². The van der Waals surface area contributed by atoms with Crippen molar-refractivity contribution >= 4 is 16.8 Å². The first-order valence-corrected chi connectivity index (χ1v) is 9.68. The van der Waals surface area contributed by atoms with Gasteiger partial charge >= 0.3 is 0 Å². The Balaban J connectivity index is 1.76. The average molecular weight is 394 g/mol. The number of H-pyrrole nitrogens is 1. The fraction of sp³-hybridized carbons (Fsp3) is 0.304. The van der Waals surface area contributed by atoms with E-state index in [9.17, 15) is 9.59 Å². The van der Waals surface area contributed by atoms with Gasteiger partial charge in [-0.1, -0.05) is 37.3 Å². The molecule has 3 aromatic rings. The van der Waals surface area contributed by atoms with Gasteiger partial charge in [-0.05, 0) is 36.6 Å². The number of amides is 1. The van der Waals surface area contributed by atoms with E-state index in [4.69, 9.17) is 9.47 Å². The van der Waals surface area contributed by atoms with Crippen LogP contribution in [0.4, 0.5) is 0 Å². The first-order valence-electron chi connectivity index (χ1n) is 9.68. The monoisotopic (exact) mass is 394 g/mol. The predicted molar refractivity (Wildman–Crippen MR) is 114 cm³/mol. The van der Waals surface area contributed by atoms with Crippen molar-refractivity contribution < 1.29 is 14.3 Å². The van der Waals surface area contributed by atoms with Crippen molar-refractivity contribution in [1.82, 2.24) is 10.3 Å². The molecule has 0 unspecified atom stereocenters. The summed E-state index contributed by atoms with van der Waals surface area (Å²) in [4.78, 5) is 28.0. The van der Waals surface area contributed by atoms with Gasteiger partial charge in [-0.25, -0.2) is 0 Å². The first kappa shape index (κ1) is 20.5. The van der Waals surface area contributed by atoms with Crippen LogP contribution in [-0.4, -0.2) is 31.7 Å². The quantitative estimate of drug-likeness (QED) is 0.614. The molecule has 0 bridgehead atoms. The third kappa shape index (κ3) is 4.42. The molecule has 6 heteroatoms. The molecule has 1 heterocycles. The number of hydrogen-bond donors (Lipinski definition) is 2. The molecule has 1 aromatic heterocycles. The van der Waals surface area contributed by atoms with E-state index in [0.29, 0.717) is 42.0 Å². The lowest BCUT2D eigenvalue weighted by Crippen LogP contribution is -2.31. The van der Waals surface area contributed by atoms with Crippen molar-refractivity contribution in [3.05, 3.63) is 70.0 Å². The van der Waals surface area contributed by atoms with Crippen molar-refractivity contribution in [2.45, 2.75) is 25.7 Å². The van der Waals surface area contributed by atoms with Crippen molar-refractivity contribution in [2.24, 2.45) is 0 Å². The number of rotatable bonds is 8. The molecule has 0 aliphatic heterocycles. The van der Waals surface area contributed by atoms with Crippen molar-refractivity contribution in [3.63, 3.8) is 0 Å². The summed E-state index contributed by atoms with van der Waals surface area (Å²) in [6.07, 6.45) is 1.13. The number of nitrogens with one attached hydrogen (secondary N) is 2. The van der Waals surface area contributed by atoms with Gasteiger partial charge in [0.25, 0.3) is 5.56 Å². The number of pyridine rings is 1. The van der Waals surface area contributed by atoms with Crippen molar-refractivity contribution in [1.29, 1.82) is 0 Å². The molecule has 152 valence electrons. The number of aromatic nitrogens is 1. The second kappa shape index (κ2) is 9.28. The molecule has 1 atom stereocenters. The van der Waals surface area contributed by atoms with Crippen LogP contribution in [0.1, 0.15) is 30.4 Å². The summed E-state index contributed by atoms with van der Waals surface area (Å²) in [6, 6.07) is 15.1. The first-order chi connectivity index (χ1) is 14.1. The number of ether oxygens (including phenoxy) is 2. The van der Waals surface area contributed by atoms with E-state index >= 15 is 0 Å². The number of carbonyl (C=O) groups is 1. The molecule has 2 N–H and O–H groups in total. The Morgan fingerprint density at radius 3 is 2.41 bits per heavy atom. The van der Waals surface area contributed by atoms with E-state index in [-0.39, 0.29) is 17.4 Å². The summed E-state index contributed by atoms with van der Waals surface area (Å²) >= 11 is 0. The Labute approximate surface area is 169 Å². The van der Waals surface area contributed by atoms with Crippen LogP contribution in [0.5, 0.6) is 11.5 Å². The maximum Gasteiger partial charge on any atom is 0.251 e. The average Bonchev–Trinajstić information content (AvgIpc) is 2.74. The minimum absolute atomic E-state index is 0.0323. The highest BCUT2D eigenvalue weighted by Crippen LogP contribution is 2.31. The van der Waals surface area contributed by atoms with Gasteiger partial charge in [0.05, 0.1) is 25.7 Å². The van der Waals surface area contributed by atoms with Crippen LogP contribution in [0.2, 0.25) is 0 Å². The highest BCUT2D eigenvalue weighted by atomic mass is 16.5. The maximum atomic E-state index is 12.6. The van der Waals surface area contributed by atoms with Crippen LogP contribution in [0, 0.1) is 0 Å². The molecule has 0 aliphatic carbocycles.